The van der Waals surface area contributed by atoms with Crippen LogP contribution in [0.15, 0.2) is 0 Å². The van der Waals surface area contributed by atoms with E-state index in [1.807, 2.05) is 18.9 Å². The molecule has 0 aromatic carbocycles. The third-order valence-electron chi connectivity index (χ3n) is 3.65. The van der Waals surface area contributed by atoms with E-state index in [0.29, 0.717) is 6.04 Å². The number of carbonyl (C=O) groups is 1. The van der Waals surface area contributed by atoms with E-state index in [9.17, 15) is 4.79 Å². The highest BCUT2D eigenvalue weighted by atomic mass is 16.2. The van der Waals surface area contributed by atoms with Gasteiger partial charge in [0.05, 0.1) is 0 Å². The fourth-order valence-corrected chi connectivity index (χ4v) is 2.44. The smallest absolute Gasteiger partial charge is 0.226 e. The van der Waals surface area contributed by atoms with Gasteiger partial charge in [0.2, 0.25) is 5.91 Å². The Morgan fingerprint density at radius 2 is 2.29 bits per heavy atom. The number of hydrogen-bond donors (Lipinski definition) is 1. The van der Waals surface area contributed by atoms with Gasteiger partial charge >= 0.3 is 0 Å². The van der Waals surface area contributed by atoms with E-state index >= 15 is 0 Å². The third kappa shape index (κ3) is 4.28. The zero-order valence-corrected chi connectivity index (χ0v) is 11.7. The first kappa shape index (κ1) is 14.5. The minimum atomic E-state index is 0.0756. The Labute approximate surface area is 105 Å². The van der Waals surface area contributed by atoms with Crippen molar-refractivity contribution in [2.24, 2.45) is 5.92 Å². The SMILES string of the molecule is CCNCC(C)C(=O)N(C)CC1CCCN1C. The quantitative estimate of drug-likeness (QED) is 0.746. The summed E-state index contributed by atoms with van der Waals surface area (Å²) in [6, 6.07) is 0.551. The second-order valence-electron chi connectivity index (χ2n) is 5.20. The Morgan fingerprint density at radius 1 is 1.59 bits per heavy atom. The molecule has 100 valence electrons. The molecule has 17 heavy (non-hydrogen) atoms. The standard InChI is InChI=1S/C13H27N3O/c1-5-14-9-11(2)13(17)16(4)10-12-7-6-8-15(12)3/h11-12,14H,5-10H2,1-4H3. The van der Waals surface area contributed by atoms with Crippen LogP contribution in [-0.2, 0) is 4.79 Å². The number of amides is 1. The summed E-state index contributed by atoms with van der Waals surface area (Å²) in [5.41, 5.74) is 0. The lowest BCUT2D eigenvalue weighted by Crippen LogP contribution is -2.43. The largest absolute Gasteiger partial charge is 0.344 e. The van der Waals surface area contributed by atoms with Gasteiger partial charge in [-0.2, -0.15) is 0 Å². The Hall–Kier alpha value is -0.610. The molecule has 0 aromatic rings. The fraction of sp³-hybridized carbons (Fsp3) is 0.923. The van der Waals surface area contributed by atoms with Crippen LogP contribution in [0.3, 0.4) is 0 Å². The van der Waals surface area contributed by atoms with E-state index in [2.05, 4.69) is 24.2 Å². The average molecular weight is 241 g/mol. The molecule has 0 saturated carbocycles. The van der Waals surface area contributed by atoms with Crippen molar-refractivity contribution in [3.63, 3.8) is 0 Å². The maximum Gasteiger partial charge on any atom is 0.226 e. The van der Waals surface area contributed by atoms with Crippen LogP contribution >= 0.6 is 0 Å². The fourth-order valence-electron chi connectivity index (χ4n) is 2.44. The molecule has 0 radical (unpaired) electrons. The van der Waals surface area contributed by atoms with Crippen molar-refractivity contribution in [3.05, 3.63) is 0 Å². The van der Waals surface area contributed by atoms with E-state index in [4.69, 9.17) is 0 Å². The molecule has 0 aliphatic carbocycles. The van der Waals surface area contributed by atoms with Crippen LogP contribution in [0.25, 0.3) is 0 Å². The number of nitrogens with one attached hydrogen (secondary N) is 1. The van der Waals surface area contributed by atoms with Crippen LogP contribution in [0, 0.1) is 5.92 Å². The summed E-state index contributed by atoms with van der Waals surface area (Å²) >= 11 is 0. The third-order valence-corrected chi connectivity index (χ3v) is 3.65. The first-order valence-corrected chi connectivity index (χ1v) is 6.72. The molecular formula is C13H27N3O. The van der Waals surface area contributed by atoms with E-state index in [1.165, 1.54) is 19.4 Å². The summed E-state index contributed by atoms with van der Waals surface area (Å²) < 4.78 is 0. The molecule has 0 bridgehead atoms. The molecule has 0 aromatic heterocycles. The van der Waals surface area contributed by atoms with E-state index in [0.717, 1.165) is 19.6 Å². The van der Waals surface area contributed by atoms with Gasteiger partial charge in [-0.05, 0) is 33.0 Å². The van der Waals surface area contributed by atoms with E-state index < -0.39 is 0 Å². The van der Waals surface area contributed by atoms with Crippen LogP contribution in [0.5, 0.6) is 0 Å². The number of rotatable bonds is 6. The van der Waals surface area contributed by atoms with Gasteiger partial charge in [0.15, 0.2) is 0 Å². The number of likely N-dealkylation sites (N-methyl/N-ethyl adjacent to an activating group) is 2. The molecule has 2 atom stereocenters. The van der Waals surface area contributed by atoms with Crippen molar-refractivity contribution in [1.29, 1.82) is 0 Å². The molecule has 1 amide bonds. The molecule has 0 spiro atoms. The Kier molecular flexibility index (Phi) is 5.92. The highest BCUT2D eigenvalue weighted by molar-refractivity contribution is 5.78. The lowest BCUT2D eigenvalue weighted by Gasteiger charge is -2.27. The zero-order valence-electron chi connectivity index (χ0n) is 11.7. The molecule has 1 saturated heterocycles. The summed E-state index contributed by atoms with van der Waals surface area (Å²) in [5.74, 6) is 0.331. The van der Waals surface area contributed by atoms with Crippen molar-refractivity contribution in [3.8, 4) is 0 Å². The van der Waals surface area contributed by atoms with Crippen LogP contribution in [0.2, 0.25) is 0 Å². The summed E-state index contributed by atoms with van der Waals surface area (Å²) in [7, 11) is 4.08. The van der Waals surface area contributed by atoms with Crippen LogP contribution in [0.4, 0.5) is 0 Å². The van der Waals surface area contributed by atoms with Gasteiger partial charge < -0.3 is 15.1 Å². The van der Waals surface area contributed by atoms with Crippen molar-refractivity contribution >= 4 is 5.91 Å². The summed E-state index contributed by atoms with van der Waals surface area (Å²) in [6.45, 7) is 7.80. The van der Waals surface area contributed by atoms with Crippen molar-refractivity contribution in [2.45, 2.75) is 32.7 Å². The van der Waals surface area contributed by atoms with Gasteiger partial charge in [-0.3, -0.25) is 4.79 Å². The van der Waals surface area contributed by atoms with Crippen molar-refractivity contribution in [1.82, 2.24) is 15.1 Å². The Bertz CT molecular complexity index is 245. The van der Waals surface area contributed by atoms with Gasteiger partial charge in [-0.15, -0.1) is 0 Å². The van der Waals surface area contributed by atoms with Gasteiger partial charge in [0.25, 0.3) is 0 Å². The average Bonchev–Trinajstić information content (AvgIpc) is 2.70. The van der Waals surface area contributed by atoms with Gasteiger partial charge in [0.1, 0.15) is 0 Å². The monoisotopic (exact) mass is 241 g/mol. The second kappa shape index (κ2) is 6.97. The maximum absolute atomic E-state index is 12.1. The second-order valence-corrected chi connectivity index (χ2v) is 5.20. The zero-order chi connectivity index (χ0) is 12.8. The van der Waals surface area contributed by atoms with Gasteiger partial charge in [-0.1, -0.05) is 13.8 Å². The molecule has 1 aliphatic heterocycles. The highest BCUT2D eigenvalue weighted by Crippen LogP contribution is 2.16. The van der Waals surface area contributed by atoms with Crippen LogP contribution in [0.1, 0.15) is 26.7 Å². The number of carbonyl (C=O) groups excluding carboxylic acids is 1. The number of hydrogen-bond acceptors (Lipinski definition) is 3. The predicted molar refractivity (Wildman–Crippen MR) is 71.0 cm³/mol. The molecular weight excluding hydrogens is 214 g/mol. The molecule has 4 nitrogen and oxygen atoms in total. The molecule has 1 rings (SSSR count). The normalized spacial score (nSPS) is 22.7. The van der Waals surface area contributed by atoms with Crippen LogP contribution < -0.4 is 5.32 Å². The predicted octanol–water partition coefficient (Wildman–Crippen LogP) is 0.785. The Morgan fingerprint density at radius 3 is 2.82 bits per heavy atom. The van der Waals surface area contributed by atoms with E-state index in [-0.39, 0.29) is 11.8 Å². The maximum atomic E-state index is 12.1. The topological polar surface area (TPSA) is 35.6 Å². The van der Waals surface area contributed by atoms with Crippen LogP contribution in [-0.4, -0.2) is 62.0 Å². The summed E-state index contributed by atoms with van der Waals surface area (Å²) in [4.78, 5) is 16.4. The molecule has 1 aliphatic rings. The molecule has 1 fully saturated rings. The first-order valence-electron chi connectivity index (χ1n) is 6.72. The molecule has 4 heteroatoms. The minimum Gasteiger partial charge on any atom is -0.344 e. The molecule has 2 unspecified atom stereocenters. The molecule has 1 N–H and O–H groups in total. The highest BCUT2D eigenvalue weighted by Gasteiger charge is 2.25. The van der Waals surface area contributed by atoms with E-state index in [1.54, 1.807) is 0 Å². The minimum absolute atomic E-state index is 0.0756. The lowest BCUT2D eigenvalue weighted by molar-refractivity contribution is -0.134. The van der Waals surface area contributed by atoms with Gasteiger partial charge in [-0.25, -0.2) is 0 Å². The summed E-state index contributed by atoms with van der Waals surface area (Å²) in [5, 5.41) is 3.23. The summed E-state index contributed by atoms with van der Waals surface area (Å²) in [6.07, 6.45) is 2.48. The lowest BCUT2D eigenvalue weighted by atomic mass is 10.1. The first-order chi connectivity index (χ1) is 8.06. The molecule has 1 heterocycles. The number of likely N-dealkylation sites (tertiary alicyclic amines) is 1. The van der Waals surface area contributed by atoms with Crippen molar-refractivity contribution in [2.75, 3.05) is 40.3 Å². The van der Waals surface area contributed by atoms with Crippen molar-refractivity contribution < 1.29 is 4.79 Å². The van der Waals surface area contributed by atoms with Gasteiger partial charge in [0, 0.05) is 32.1 Å². The number of nitrogens with zero attached hydrogens (tertiary/aromatic N) is 2. The Balaban J connectivity index is 2.35.